The number of hydrogen-bond donors (Lipinski definition) is 4. The lowest BCUT2D eigenvalue weighted by Gasteiger charge is -2.19. The molecule has 0 aliphatic carbocycles. The minimum atomic E-state index is -2.04. The molecule has 0 bridgehead atoms. The van der Waals surface area contributed by atoms with Gasteiger partial charge >= 0.3 is 11.9 Å². The maximum atomic E-state index is 13.0. The Kier molecular flexibility index (Phi) is 10.4. The second-order valence-electron chi connectivity index (χ2n) is 8.65. The van der Waals surface area contributed by atoms with Crippen molar-refractivity contribution in [1.29, 1.82) is 0 Å². The van der Waals surface area contributed by atoms with Gasteiger partial charge in [-0.3, -0.25) is 9.59 Å². The van der Waals surface area contributed by atoms with Gasteiger partial charge in [0.1, 0.15) is 11.8 Å². The van der Waals surface area contributed by atoms with E-state index >= 15 is 0 Å². The fraction of sp³-hybridized carbons (Fsp3) is 0.241. The molecule has 198 valence electrons. The smallest absolute Gasteiger partial charge is 0.356 e. The van der Waals surface area contributed by atoms with E-state index in [0.717, 1.165) is 19.3 Å². The lowest BCUT2D eigenvalue weighted by molar-refractivity contribution is -0.159. The monoisotopic (exact) mass is 518 g/mol. The molecule has 0 fully saturated rings. The van der Waals surface area contributed by atoms with E-state index in [0.29, 0.717) is 17.7 Å². The summed E-state index contributed by atoms with van der Waals surface area (Å²) in [5.74, 6) is -3.90. The summed E-state index contributed by atoms with van der Waals surface area (Å²) in [5.41, 5.74) is 2.32. The van der Waals surface area contributed by atoms with Gasteiger partial charge in [0.15, 0.2) is 0 Å². The van der Waals surface area contributed by atoms with Crippen LogP contribution in [0.1, 0.15) is 34.3 Å². The molecule has 1 atom stereocenters. The normalized spacial score (nSPS) is 11.4. The van der Waals surface area contributed by atoms with Crippen LogP contribution in [0.15, 0.2) is 84.9 Å². The molecule has 0 heterocycles. The number of carbonyl (C=O) groups is 4. The van der Waals surface area contributed by atoms with Crippen molar-refractivity contribution in [3.63, 3.8) is 0 Å². The van der Waals surface area contributed by atoms with Gasteiger partial charge < -0.3 is 25.6 Å². The summed E-state index contributed by atoms with van der Waals surface area (Å²) in [6.07, 6.45) is 0.715. The average Bonchev–Trinajstić information content (AvgIpc) is 2.92. The highest BCUT2D eigenvalue weighted by Crippen LogP contribution is 2.16. The van der Waals surface area contributed by atoms with Crippen molar-refractivity contribution in [2.24, 2.45) is 0 Å². The molecule has 38 heavy (non-hydrogen) atoms. The third kappa shape index (κ3) is 8.77. The molecule has 3 aromatic rings. The molecule has 2 amide bonds. The van der Waals surface area contributed by atoms with E-state index in [1.54, 1.807) is 42.5 Å². The molecule has 0 aliphatic heterocycles. The fourth-order valence-corrected chi connectivity index (χ4v) is 3.76. The number of rotatable bonds is 14. The largest absolute Gasteiger partial charge is 0.478 e. The number of aliphatic carboxylic acids is 2. The highest BCUT2D eigenvalue weighted by atomic mass is 16.5. The van der Waals surface area contributed by atoms with Crippen LogP contribution in [0, 0.1) is 0 Å². The Morgan fingerprint density at radius 2 is 1.34 bits per heavy atom. The number of benzene rings is 3. The molecule has 0 saturated carbocycles. The third-order valence-electron chi connectivity index (χ3n) is 5.76. The van der Waals surface area contributed by atoms with Gasteiger partial charge in [-0.1, -0.05) is 60.7 Å². The standard InChI is InChI=1S/C29H30N2O7/c32-26(22-12-5-2-6-13-22)31-24(27(33)30-18-8-7-11-20-9-3-1-4-10-20)19-21-14-16-23(17-15-21)38-25(28(34)35)29(36)37/h1-6,9-10,12-17,24-25H,7-8,11,18-19H2,(H,30,33)(H,31,32)(H,34,35)(H,36,37). The van der Waals surface area contributed by atoms with Gasteiger partial charge in [0, 0.05) is 18.5 Å². The Morgan fingerprint density at radius 1 is 0.737 bits per heavy atom. The molecule has 4 N–H and O–H groups in total. The maximum absolute atomic E-state index is 13.0. The Labute approximate surface area is 220 Å². The van der Waals surface area contributed by atoms with E-state index in [-0.39, 0.29) is 24.0 Å². The van der Waals surface area contributed by atoms with Gasteiger partial charge in [-0.05, 0) is 54.7 Å². The summed E-state index contributed by atoms with van der Waals surface area (Å²) in [5, 5.41) is 23.7. The zero-order valence-electron chi connectivity index (χ0n) is 20.7. The zero-order valence-corrected chi connectivity index (χ0v) is 20.7. The molecule has 0 aliphatic rings. The van der Waals surface area contributed by atoms with Crippen molar-refractivity contribution in [2.75, 3.05) is 6.54 Å². The minimum Gasteiger partial charge on any atom is -0.478 e. The summed E-state index contributed by atoms with van der Waals surface area (Å²) in [6, 6.07) is 23.8. The number of unbranched alkanes of at least 4 members (excludes halogenated alkanes) is 1. The van der Waals surface area contributed by atoms with Crippen LogP contribution in [0.2, 0.25) is 0 Å². The molecule has 0 spiro atoms. The number of nitrogens with one attached hydrogen (secondary N) is 2. The molecule has 9 heteroatoms. The first-order chi connectivity index (χ1) is 18.3. The number of hydrogen-bond acceptors (Lipinski definition) is 5. The zero-order chi connectivity index (χ0) is 27.3. The van der Waals surface area contributed by atoms with Crippen LogP contribution in [0.3, 0.4) is 0 Å². The van der Waals surface area contributed by atoms with Crippen molar-refractivity contribution in [1.82, 2.24) is 10.6 Å². The van der Waals surface area contributed by atoms with Crippen LogP contribution in [-0.4, -0.2) is 52.7 Å². The highest BCUT2D eigenvalue weighted by Gasteiger charge is 2.28. The molecule has 0 saturated heterocycles. The predicted octanol–water partition coefficient (Wildman–Crippen LogP) is 3.08. The minimum absolute atomic E-state index is 0.0521. The Balaban J connectivity index is 1.62. The quantitative estimate of drug-likeness (QED) is 0.190. The van der Waals surface area contributed by atoms with Crippen LogP contribution in [0.5, 0.6) is 5.75 Å². The van der Waals surface area contributed by atoms with Gasteiger partial charge in [0.2, 0.25) is 5.91 Å². The summed E-state index contributed by atoms with van der Waals surface area (Å²) < 4.78 is 5.03. The molecule has 0 aromatic heterocycles. The van der Waals surface area contributed by atoms with E-state index in [2.05, 4.69) is 22.8 Å². The Bertz CT molecular complexity index is 1200. The maximum Gasteiger partial charge on any atom is 0.356 e. The van der Waals surface area contributed by atoms with Crippen LogP contribution in [-0.2, 0) is 27.2 Å². The van der Waals surface area contributed by atoms with Crippen LogP contribution in [0.25, 0.3) is 0 Å². The fourth-order valence-electron chi connectivity index (χ4n) is 3.76. The van der Waals surface area contributed by atoms with Gasteiger partial charge in [0.05, 0.1) is 0 Å². The van der Waals surface area contributed by atoms with Gasteiger partial charge in [-0.25, -0.2) is 9.59 Å². The lowest BCUT2D eigenvalue weighted by Crippen LogP contribution is -2.48. The number of aryl methyl sites for hydroxylation is 1. The topological polar surface area (TPSA) is 142 Å². The van der Waals surface area contributed by atoms with Crippen molar-refractivity contribution in [3.05, 3.63) is 102 Å². The van der Waals surface area contributed by atoms with E-state index in [9.17, 15) is 19.2 Å². The summed E-state index contributed by atoms with van der Waals surface area (Å²) in [7, 11) is 0. The first-order valence-electron chi connectivity index (χ1n) is 12.2. The summed E-state index contributed by atoms with van der Waals surface area (Å²) in [4.78, 5) is 47.9. The van der Waals surface area contributed by atoms with E-state index in [4.69, 9.17) is 14.9 Å². The van der Waals surface area contributed by atoms with Crippen LogP contribution >= 0.6 is 0 Å². The van der Waals surface area contributed by atoms with E-state index in [1.165, 1.54) is 17.7 Å². The first-order valence-corrected chi connectivity index (χ1v) is 12.2. The second kappa shape index (κ2) is 14.2. The molecule has 3 aromatic carbocycles. The van der Waals surface area contributed by atoms with Gasteiger partial charge in [-0.2, -0.15) is 0 Å². The molecular weight excluding hydrogens is 488 g/mol. The number of ether oxygens (including phenoxy) is 1. The molecular formula is C29H30N2O7. The summed E-state index contributed by atoms with van der Waals surface area (Å²) in [6.45, 7) is 0.460. The first kappa shape index (κ1) is 27.9. The van der Waals surface area contributed by atoms with E-state index in [1.807, 2.05) is 18.2 Å². The average molecular weight is 519 g/mol. The Morgan fingerprint density at radius 3 is 1.95 bits per heavy atom. The van der Waals surface area contributed by atoms with Crippen molar-refractivity contribution < 1.29 is 34.1 Å². The van der Waals surface area contributed by atoms with Crippen LogP contribution in [0.4, 0.5) is 0 Å². The molecule has 3 rings (SSSR count). The second-order valence-corrected chi connectivity index (χ2v) is 8.65. The van der Waals surface area contributed by atoms with Crippen molar-refractivity contribution >= 4 is 23.8 Å². The lowest BCUT2D eigenvalue weighted by atomic mass is 10.0. The third-order valence-corrected chi connectivity index (χ3v) is 5.76. The number of amides is 2. The summed E-state index contributed by atoms with van der Waals surface area (Å²) >= 11 is 0. The van der Waals surface area contributed by atoms with Crippen molar-refractivity contribution in [3.8, 4) is 5.75 Å². The Hall–Kier alpha value is -4.66. The van der Waals surface area contributed by atoms with Crippen LogP contribution < -0.4 is 15.4 Å². The highest BCUT2D eigenvalue weighted by molar-refractivity contribution is 5.97. The van der Waals surface area contributed by atoms with E-state index < -0.39 is 24.1 Å². The molecule has 0 radical (unpaired) electrons. The SMILES string of the molecule is O=C(NC(Cc1ccc(OC(C(=O)O)C(=O)O)cc1)C(=O)NCCCCc1ccccc1)c1ccccc1. The number of carboxylic acids is 2. The molecule has 1 unspecified atom stereocenters. The van der Waals surface area contributed by atoms with Crippen molar-refractivity contribution in [2.45, 2.75) is 37.8 Å². The number of carboxylic acid groups (broad SMARTS) is 2. The molecule has 9 nitrogen and oxygen atoms in total. The predicted molar refractivity (Wildman–Crippen MR) is 140 cm³/mol. The van der Waals surface area contributed by atoms with Gasteiger partial charge in [-0.15, -0.1) is 0 Å². The van der Waals surface area contributed by atoms with Gasteiger partial charge in [0.25, 0.3) is 12.0 Å². The number of carbonyl (C=O) groups excluding carboxylic acids is 2.